The molecule has 0 saturated heterocycles. The van der Waals surface area contributed by atoms with E-state index in [1.807, 2.05) is 18.2 Å². The van der Waals surface area contributed by atoms with Crippen molar-refractivity contribution in [3.05, 3.63) is 40.1 Å². The molecule has 17 heavy (non-hydrogen) atoms. The minimum absolute atomic E-state index is 0.658. The number of nitrogens with two attached hydrogens (primary N) is 1. The molecule has 0 atom stereocenters. The molecule has 2 aromatic rings. The Morgan fingerprint density at radius 1 is 1.35 bits per heavy atom. The number of nitrogens with one attached hydrogen (secondary N) is 1. The summed E-state index contributed by atoms with van der Waals surface area (Å²) in [6.07, 6.45) is 0. The van der Waals surface area contributed by atoms with E-state index in [1.54, 1.807) is 18.4 Å². The van der Waals surface area contributed by atoms with Gasteiger partial charge in [-0.1, -0.05) is 0 Å². The van der Waals surface area contributed by atoms with Crippen LogP contribution in [0.1, 0.15) is 10.4 Å². The van der Waals surface area contributed by atoms with E-state index in [9.17, 15) is 0 Å². The van der Waals surface area contributed by atoms with E-state index in [4.69, 9.17) is 10.5 Å². The van der Waals surface area contributed by atoms with Crippen LogP contribution >= 0.6 is 11.3 Å². The molecule has 1 aromatic heterocycles. The van der Waals surface area contributed by atoms with Crippen LogP contribution in [0.2, 0.25) is 0 Å². The van der Waals surface area contributed by atoms with Crippen molar-refractivity contribution in [2.45, 2.75) is 13.5 Å². The lowest BCUT2D eigenvalue weighted by Crippen LogP contribution is -2.00. The number of ether oxygens (including phenoxy) is 1. The Morgan fingerprint density at radius 3 is 2.82 bits per heavy atom. The molecule has 90 valence electrons. The van der Waals surface area contributed by atoms with Gasteiger partial charge in [-0.05, 0) is 36.1 Å². The Hall–Kier alpha value is -1.68. The van der Waals surface area contributed by atoms with Crippen LogP contribution in [0.4, 0.5) is 11.4 Å². The summed E-state index contributed by atoms with van der Waals surface area (Å²) in [6.45, 7) is 2.95. The van der Waals surface area contributed by atoms with Gasteiger partial charge < -0.3 is 15.8 Å². The first-order valence-corrected chi connectivity index (χ1v) is 6.29. The fraction of sp³-hybridized carbons (Fsp3) is 0.231. The lowest BCUT2D eigenvalue weighted by Gasteiger charge is -2.09. The van der Waals surface area contributed by atoms with Crippen molar-refractivity contribution in [3.63, 3.8) is 0 Å². The topological polar surface area (TPSA) is 47.3 Å². The van der Waals surface area contributed by atoms with Gasteiger partial charge in [0.15, 0.2) is 0 Å². The van der Waals surface area contributed by atoms with Gasteiger partial charge in [0.1, 0.15) is 5.75 Å². The van der Waals surface area contributed by atoms with Crippen LogP contribution < -0.4 is 15.8 Å². The van der Waals surface area contributed by atoms with Crippen molar-refractivity contribution >= 4 is 22.7 Å². The van der Waals surface area contributed by atoms with E-state index in [0.29, 0.717) is 11.4 Å². The Kier molecular flexibility index (Phi) is 3.54. The minimum Gasteiger partial charge on any atom is -0.495 e. The molecule has 0 aliphatic heterocycles. The van der Waals surface area contributed by atoms with Crippen LogP contribution in [0.5, 0.6) is 5.75 Å². The highest BCUT2D eigenvalue weighted by molar-refractivity contribution is 7.10. The number of methoxy groups -OCH3 is 1. The molecule has 1 heterocycles. The highest BCUT2D eigenvalue weighted by atomic mass is 32.1. The lowest BCUT2D eigenvalue weighted by atomic mass is 10.2. The van der Waals surface area contributed by atoms with E-state index in [0.717, 1.165) is 12.2 Å². The second-order valence-electron chi connectivity index (χ2n) is 3.84. The Bertz CT molecular complexity index is 508. The molecule has 0 spiro atoms. The summed E-state index contributed by atoms with van der Waals surface area (Å²) in [5.74, 6) is 0.706. The third kappa shape index (κ3) is 2.71. The van der Waals surface area contributed by atoms with Crippen LogP contribution in [0.3, 0.4) is 0 Å². The third-order valence-electron chi connectivity index (χ3n) is 2.65. The number of hydrogen-bond donors (Lipinski definition) is 2. The summed E-state index contributed by atoms with van der Waals surface area (Å²) in [5.41, 5.74) is 8.76. The number of aryl methyl sites for hydroxylation is 1. The maximum Gasteiger partial charge on any atom is 0.143 e. The van der Waals surface area contributed by atoms with Gasteiger partial charge in [-0.25, -0.2) is 0 Å². The van der Waals surface area contributed by atoms with E-state index in [2.05, 4.69) is 23.7 Å². The number of anilines is 2. The lowest BCUT2D eigenvalue weighted by molar-refractivity contribution is 0.417. The molecular formula is C13H16N2OS. The summed E-state index contributed by atoms with van der Waals surface area (Å²) < 4.78 is 5.18. The molecule has 0 aliphatic rings. The number of nitrogen functional groups attached to an aromatic ring is 1. The molecule has 2 rings (SSSR count). The molecule has 0 radical (unpaired) electrons. The summed E-state index contributed by atoms with van der Waals surface area (Å²) in [6, 6.07) is 7.85. The molecule has 0 bridgehead atoms. The zero-order valence-corrected chi connectivity index (χ0v) is 10.8. The number of thiophene rings is 1. The molecule has 4 heteroatoms. The van der Waals surface area contributed by atoms with Crippen molar-refractivity contribution in [3.8, 4) is 5.75 Å². The second kappa shape index (κ2) is 5.10. The predicted octanol–water partition coefficient (Wildman–Crippen LogP) is 3.26. The monoisotopic (exact) mass is 248 g/mol. The largest absolute Gasteiger partial charge is 0.495 e. The van der Waals surface area contributed by atoms with Gasteiger partial charge in [-0.15, -0.1) is 11.3 Å². The molecule has 0 aliphatic carbocycles. The summed E-state index contributed by atoms with van der Waals surface area (Å²) in [7, 11) is 1.62. The fourth-order valence-corrected chi connectivity index (χ4v) is 2.43. The van der Waals surface area contributed by atoms with Crippen molar-refractivity contribution in [1.82, 2.24) is 0 Å². The van der Waals surface area contributed by atoms with Gasteiger partial charge in [0.2, 0.25) is 0 Å². The Morgan fingerprint density at radius 2 is 2.18 bits per heavy atom. The standard InChI is InChI=1S/C13H16N2OS/c1-9-5-6-17-13(9)8-15-10-3-4-11(14)12(7-10)16-2/h3-7,15H,8,14H2,1-2H3. The molecular weight excluding hydrogens is 232 g/mol. The number of rotatable bonds is 4. The Balaban J connectivity index is 2.07. The van der Waals surface area contributed by atoms with Crippen molar-refractivity contribution in [2.24, 2.45) is 0 Å². The molecule has 0 saturated carbocycles. The van der Waals surface area contributed by atoms with E-state index in [1.165, 1.54) is 10.4 Å². The van der Waals surface area contributed by atoms with Gasteiger partial charge >= 0.3 is 0 Å². The fourth-order valence-electron chi connectivity index (χ4n) is 1.59. The SMILES string of the molecule is COc1cc(NCc2sccc2C)ccc1N. The summed E-state index contributed by atoms with van der Waals surface area (Å²) in [5, 5.41) is 5.47. The average molecular weight is 248 g/mol. The maximum absolute atomic E-state index is 5.76. The normalized spacial score (nSPS) is 10.2. The molecule has 1 aromatic carbocycles. The van der Waals surface area contributed by atoms with Gasteiger partial charge in [-0.3, -0.25) is 0 Å². The van der Waals surface area contributed by atoms with E-state index < -0.39 is 0 Å². The number of hydrogen-bond acceptors (Lipinski definition) is 4. The summed E-state index contributed by atoms with van der Waals surface area (Å²) >= 11 is 1.76. The van der Waals surface area contributed by atoms with Crippen molar-refractivity contribution in [2.75, 3.05) is 18.2 Å². The average Bonchev–Trinajstić information content (AvgIpc) is 2.74. The molecule has 0 unspecified atom stereocenters. The van der Waals surface area contributed by atoms with Crippen LogP contribution in [-0.2, 0) is 6.54 Å². The van der Waals surface area contributed by atoms with Gasteiger partial charge in [0, 0.05) is 23.2 Å². The van der Waals surface area contributed by atoms with Gasteiger partial charge in [0.05, 0.1) is 12.8 Å². The highest BCUT2D eigenvalue weighted by Gasteiger charge is 2.02. The van der Waals surface area contributed by atoms with Crippen molar-refractivity contribution in [1.29, 1.82) is 0 Å². The molecule has 3 N–H and O–H groups in total. The van der Waals surface area contributed by atoms with Crippen LogP contribution in [-0.4, -0.2) is 7.11 Å². The van der Waals surface area contributed by atoms with E-state index >= 15 is 0 Å². The smallest absolute Gasteiger partial charge is 0.143 e. The van der Waals surface area contributed by atoms with Crippen LogP contribution in [0.25, 0.3) is 0 Å². The minimum atomic E-state index is 0.658. The first-order valence-electron chi connectivity index (χ1n) is 5.41. The predicted molar refractivity (Wildman–Crippen MR) is 73.8 cm³/mol. The first kappa shape index (κ1) is 11.8. The van der Waals surface area contributed by atoms with Gasteiger partial charge in [0.25, 0.3) is 0 Å². The quantitative estimate of drug-likeness (QED) is 0.816. The zero-order valence-electron chi connectivity index (χ0n) is 9.99. The molecule has 0 fully saturated rings. The molecule has 3 nitrogen and oxygen atoms in total. The van der Waals surface area contributed by atoms with Gasteiger partial charge in [-0.2, -0.15) is 0 Å². The van der Waals surface area contributed by atoms with Crippen LogP contribution in [0.15, 0.2) is 29.6 Å². The Labute approximate surface area is 105 Å². The summed E-state index contributed by atoms with van der Waals surface area (Å²) in [4.78, 5) is 1.35. The zero-order chi connectivity index (χ0) is 12.3. The van der Waals surface area contributed by atoms with Crippen molar-refractivity contribution < 1.29 is 4.74 Å². The maximum atomic E-state index is 5.76. The highest BCUT2D eigenvalue weighted by Crippen LogP contribution is 2.26. The second-order valence-corrected chi connectivity index (χ2v) is 4.84. The van der Waals surface area contributed by atoms with E-state index in [-0.39, 0.29) is 0 Å². The molecule has 0 amide bonds. The first-order chi connectivity index (χ1) is 8.20. The van der Waals surface area contributed by atoms with Crippen LogP contribution in [0, 0.1) is 6.92 Å². The number of benzene rings is 1. The third-order valence-corrected chi connectivity index (χ3v) is 3.68.